The molecule has 0 radical (unpaired) electrons. The Kier molecular flexibility index (Phi) is 36.0. The van der Waals surface area contributed by atoms with Gasteiger partial charge in [-0.1, -0.05) is 12.1 Å². The Hall–Kier alpha value is -8.58. The third-order valence-corrected chi connectivity index (χ3v) is 15.3. The minimum atomic E-state index is -1.68. The third kappa shape index (κ3) is 32.5. The quantitative estimate of drug-likeness (QED) is 0.0126. The summed E-state index contributed by atoms with van der Waals surface area (Å²) in [6, 6.07) is 1.79. The fourth-order valence-electron chi connectivity index (χ4n) is 10.3. The molecule has 18 N–H and O–H groups in total. The lowest BCUT2D eigenvalue weighted by Gasteiger charge is -2.35. The number of carboxylic acid groups (broad SMARTS) is 5. The molecule has 0 spiro atoms. The molecule has 93 heavy (non-hydrogen) atoms. The number of unbranched alkanes of at least 4 members (excludes halogenated alkanes) is 2. The molecule has 36 heteroatoms. The maximum absolute atomic E-state index is 13.2. The highest BCUT2D eigenvalue weighted by Gasteiger charge is 2.39. The molecule has 2 aliphatic rings. The second-order valence-electron chi connectivity index (χ2n) is 22.7. The third-order valence-electron chi connectivity index (χ3n) is 15.3. The average molecular weight is 1320 g/mol. The summed E-state index contributed by atoms with van der Waals surface area (Å²) in [5, 5.41) is 85.7. The fourth-order valence-corrected chi connectivity index (χ4v) is 10.3. The molecule has 1 aromatic rings. The van der Waals surface area contributed by atoms with Gasteiger partial charge in [0.2, 0.25) is 41.4 Å². The summed E-state index contributed by atoms with van der Waals surface area (Å²) in [6.07, 6.45) is 1.79. The van der Waals surface area contributed by atoms with Crippen molar-refractivity contribution in [3.8, 4) is 0 Å². The number of carbonyl (C=O) groups is 13. The summed E-state index contributed by atoms with van der Waals surface area (Å²) in [6.45, 7) is 0.955. The van der Waals surface area contributed by atoms with E-state index in [9.17, 15) is 97.9 Å². The predicted molar refractivity (Wildman–Crippen MR) is 332 cm³/mol. The number of nitrogens with zero attached hydrogens (tertiary/aromatic N) is 6. The van der Waals surface area contributed by atoms with E-state index >= 15 is 0 Å². The highest BCUT2D eigenvalue weighted by Crippen LogP contribution is 2.20. The number of aliphatic imine (C=N–C) groups is 1. The Balaban J connectivity index is 1.38. The molecule has 0 saturated carbocycles. The molecule has 8 amide bonds. The molecule has 0 aromatic heterocycles. The fraction of sp³-hybridized carbons (Fsp3) is 0.649. The van der Waals surface area contributed by atoms with Gasteiger partial charge in [0.25, 0.3) is 5.91 Å². The van der Waals surface area contributed by atoms with Crippen molar-refractivity contribution in [1.82, 2.24) is 61.7 Å². The zero-order valence-corrected chi connectivity index (χ0v) is 52.5. The van der Waals surface area contributed by atoms with Crippen LogP contribution in [0.3, 0.4) is 0 Å². The number of aliphatic carboxylic acids is 5. The van der Waals surface area contributed by atoms with E-state index in [1.54, 1.807) is 21.9 Å². The second-order valence-corrected chi connectivity index (χ2v) is 22.7. The summed E-state index contributed by atoms with van der Waals surface area (Å²) in [4.78, 5) is 174. The van der Waals surface area contributed by atoms with Gasteiger partial charge in [0.15, 0.2) is 5.96 Å². The van der Waals surface area contributed by atoms with Gasteiger partial charge >= 0.3 is 37.0 Å². The van der Waals surface area contributed by atoms with Crippen LogP contribution < -0.4 is 48.7 Å². The van der Waals surface area contributed by atoms with Crippen molar-refractivity contribution in [2.75, 3.05) is 105 Å². The molecule has 0 unspecified atom stereocenters. The van der Waals surface area contributed by atoms with Crippen molar-refractivity contribution in [1.29, 1.82) is 0 Å². The molecule has 518 valence electrons. The molecule has 3 rings (SSSR count). The number of amides is 8. The monoisotopic (exact) mass is 1320 g/mol. The first-order valence-corrected chi connectivity index (χ1v) is 30.9. The zero-order chi connectivity index (χ0) is 69.0. The smallest absolute Gasteiger partial charge is 0.475 e. The zero-order valence-electron chi connectivity index (χ0n) is 52.5. The molecule has 2 fully saturated rings. The molecule has 0 bridgehead atoms. The molecule has 2 heterocycles. The van der Waals surface area contributed by atoms with Gasteiger partial charge < -0.3 is 89.2 Å². The second kappa shape index (κ2) is 42.5. The molecule has 0 aliphatic carbocycles. The van der Waals surface area contributed by atoms with E-state index in [2.05, 4.69) is 42.2 Å². The molecule has 2 aliphatic heterocycles. The molecule has 1 aromatic carbocycles. The van der Waals surface area contributed by atoms with Gasteiger partial charge in [0.1, 0.15) is 24.2 Å². The van der Waals surface area contributed by atoms with Crippen molar-refractivity contribution in [3.05, 3.63) is 35.4 Å². The van der Waals surface area contributed by atoms with Crippen LogP contribution in [-0.2, 0) is 64.1 Å². The van der Waals surface area contributed by atoms with E-state index < -0.39 is 128 Å². The van der Waals surface area contributed by atoms with Gasteiger partial charge in [-0.15, -0.1) is 0 Å². The number of guanidine groups is 1. The van der Waals surface area contributed by atoms with E-state index in [0.717, 1.165) is 0 Å². The Morgan fingerprint density at radius 3 is 1.65 bits per heavy atom. The number of benzene rings is 1. The van der Waals surface area contributed by atoms with Crippen molar-refractivity contribution in [3.63, 3.8) is 0 Å². The van der Waals surface area contributed by atoms with Crippen LogP contribution in [0.2, 0.25) is 0 Å². The summed E-state index contributed by atoms with van der Waals surface area (Å²) < 4.78 is 0. The minimum Gasteiger partial charge on any atom is -0.480 e. The Morgan fingerprint density at radius 1 is 0.559 bits per heavy atom. The Morgan fingerprint density at radius 2 is 1.10 bits per heavy atom. The van der Waals surface area contributed by atoms with Crippen LogP contribution in [0.15, 0.2) is 29.3 Å². The van der Waals surface area contributed by atoms with Gasteiger partial charge in [-0.2, -0.15) is 0 Å². The SMILES string of the molecule is C[C@@H](NC(=O)c1ccc(CNC(=O)CCCCC(=O)N[C@H](CCCN=C(N)N)C(=O)NCCC(=O)NCC(=O)N[C@@H](CCCCNC(=O)CC[C@H](C(=O)O)N2CCN(CC(=O)O)CCN(CC(=O)O)CCN(CC(=O)O)CC2)C(=O)O)cc1)C(=O)N1CCC[C@H]1B(O)O. The Bertz CT molecular complexity index is 2680. The van der Waals surface area contributed by atoms with Crippen LogP contribution in [0, 0.1) is 0 Å². The maximum atomic E-state index is 13.2. The predicted octanol–water partition coefficient (Wildman–Crippen LogP) is -5.29. The number of carbonyl (C=O) groups excluding carboxylic acids is 8. The molecular weight excluding hydrogens is 1230 g/mol. The van der Waals surface area contributed by atoms with Crippen molar-refractivity contribution in [2.45, 2.75) is 133 Å². The van der Waals surface area contributed by atoms with Gasteiger partial charge in [0, 0.05) is 116 Å². The standard InChI is InChI=1S/C57H92BN15O20/c1-37(54(87)73-23-7-10-43(73)58(92)93)66-52(85)39-15-13-38(14-16-39)32-64-44(74)11-2-3-12-47(77)67-40(9-6-21-63-57(59)60)53(86)62-22-19-46(76)65-33-48(78)68-41(55(88)89)8-4-5-20-61-45(75)18-17-42(56(90)91)72-30-28-70(35-50(81)82)26-24-69(34-49(79)80)25-27-71(29-31-72)36-51(83)84/h13-16,37,40-43,92-93H,2-12,17-36H2,1H3,(H,61,75)(H,62,86)(H,64,74)(H,65,76)(H,66,85)(H,67,77)(H,68,78)(H,79,80)(H,81,82)(H,83,84)(H,88,89)(H,90,91)(H4,59,60,63)/t37-,40-,41+,42-,43+/m1/s1. The van der Waals surface area contributed by atoms with E-state index in [1.165, 1.54) is 33.8 Å². The summed E-state index contributed by atoms with van der Waals surface area (Å²) in [5.41, 5.74) is 11.8. The lowest BCUT2D eigenvalue weighted by molar-refractivity contribution is -0.145. The van der Waals surface area contributed by atoms with E-state index in [1.807, 2.05) is 0 Å². The molecule has 2 saturated heterocycles. The number of likely N-dealkylation sites (tertiary alicyclic amines) is 1. The summed E-state index contributed by atoms with van der Waals surface area (Å²) >= 11 is 0. The number of nitrogens with two attached hydrogens (primary N) is 2. The summed E-state index contributed by atoms with van der Waals surface area (Å²) in [7, 11) is -1.68. The van der Waals surface area contributed by atoms with Crippen molar-refractivity contribution < 1.29 is 97.9 Å². The minimum absolute atomic E-state index is 0.0259. The van der Waals surface area contributed by atoms with Gasteiger partial charge in [-0.05, 0) is 88.8 Å². The first kappa shape index (κ1) is 78.7. The lowest BCUT2D eigenvalue weighted by Crippen LogP contribution is -2.52. The number of hydrogen-bond donors (Lipinski definition) is 16. The number of carboxylic acids is 5. The van der Waals surface area contributed by atoms with Gasteiger partial charge in [0.05, 0.1) is 32.1 Å². The average Bonchev–Trinajstić information content (AvgIpc) is 2.32. The number of hydrogen-bond acceptors (Lipinski definition) is 20. The normalized spacial score (nSPS) is 16.5. The molecule has 35 nitrogen and oxygen atoms in total. The van der Waals surface area contributed by atoms with E-state index in [4.69, 9.17) is 11.5 Å². The van der Waals surface area contributed by atoms with Gasteiger partial charge in [-0.3, -0.25) is 82.1 Å². The summed E-state index contributed by atoms with van der Waals surface area (Å²) in [5.74, 6) is -11.3. The molecule has 5 atom stereocenters. The number of rotatable bonds is 40. The highest BCUT2D eigenvalue weighted by atomic mass is 16.4. The lowest BCUT2D eigenvalue weighted by atomic mass is 9.78. The van der Waals surface area contributed by atoms with Crippen LogP contribution in [0.5, 0.6) is 0 Å². The first-order valence-electron chi connectivity index (χ1n) is 30.9. The van der Waals surface area contributed by atoms with Crippen LogP contribution in [0.1, 0.15) is 113 Å². The Labute approximate surface area is 538 Å². The van der Waals surface area contributed by atoms with Gasteiger partial charge in [-0.25, -0.2) is 4.79 Å². The first-order chi connectivity index (χ1) is 44.1. The van der Waals surface area contributed by atoms with Crippen molar-refractivity contribution >= 4 is 90.2 Å². The van der Waals surface area contributed by atoms with Crippen LogP contribution >= 0.6 is 0 Å². The highest BCUT2D eigenvalue weighted by molar-refractivity contribution is 6.43. The largest absolute Gasteiger partial charge is 0.480 e. The van der Waals surface area contributed by atoms with Crippen LogP contribution in [0.25, 0.3) is 0 Å². The molecular formula is C57H92BN15O20. The topological polar surface area (TPSA) is 528 Å². The van der Waals surface area contributed by atoms with Crippen LogP contribution in [0.4, 0.5) is 0 Å². The van der Waals surface area contributed by atoms with Crippen LogP contribution in [-0.4, -0.2) is 285 Å². The van der Waals surface area contributed by atoms with E-state index in [-0.39, 0.29) is 167 Å². The van der Waals surface area contributed by atoms with Crippen molar-refractivity contribution in [2.24, 2.45) is 16.5 Å². The number of nitrogens with one attached hydrogen (secondary N) is 7. The van der Waals surface area contributed by atoms with E-state index in [0.29, 0.717) is 37.8 Å². The maximum Gasteiger partial charge on any atom is 0.475 e.